The number of rotatable bonds is 9. The Bertz CT molecular complexity index is 1680. The first-order chi connectivity index (χ1) is 20.8. The fraction of sp³-hybridized carbons (Fsp3) is 0.303. The quantitative estimate of drug-likeness (QED) is 0.154. The van der Waals surface area contributed by atoms with Crippen molar-refractivity contribution in [2.24, 2.45) is 4.99 Å². The van der Waals surface area contributed by atoms with Crippen LogP contribution in [0.2, 0.25) is 0 Å². The fourth-order valence-electron chi connectivity index (χ4n) is 6.03. The van der Waals surface area contributed by atoms with Crippen LogP contribution >= 0.6 is 0 Å². The number of nitrogens with zero attached hydrogens (tertiary/aromatic N) is 3. The Morgan fingerprint density at radius 2 is 1.86 bits per heavy atom. The number of fused-ring (bicyclic) bond motifs is 3. The van der Waals surface area contributed by atoms with E-state index < -0.39 is 5.97 Å². The van der Waals surface area contributed by atoms with Gasteiger partial charge in [0.1, 0.15) is 0 Å². The van der Waals surface area contributed by atoms with Crippen molar-refractivity contribution in [2.75, 3.05) is 40.4 Å². The number of hydroxylamine groups is 2. The zero-order valence-electron chi connectivity index (χ0n) is 24.5. The van der Waals surface area contributed by atoms with Crippen LogP contribution in [0.4, 0.5) is 5.69 Å². The molecule has 2 fully saturated rings. The van der Waals surface area contributed by atoms with Gasteiger partial charge < -0.3 is 20.1 Å². The van der Waals surface area contributed by atoms with Crippen molar-refractivity contribution >= 4 is 34.2 Å². The van der Waals surface area contributed by atoms with Gasteiger partial charge in [-0.2, -0.15) is 0 Å². The Labute approximate surface area is 249 Å². The predicted molar refractivity (Wildman–Crippen MR) is 164 cm³/mol. The summed E-state index contributed by atoms with van der Waals surface area (Å²) in [6.45, 7) is 5.12. The summed E-state index contributed by atoms with van der Waals surface area (Å²) < 4.78 is 4.91. The number of hydrogen-bond donors (Lipinski definition) is 3. The highest BCUT2D eigenvalue weighted by Crippen LogP contribution is 2.33. The van der Waals surface area contributed by atoms with Crippen molar-refractivity contribution in [3.05, 3.63) is 94.5 Å². The number of hydrogen-bond acceptors (Lipinski definition) is 8. The predicted octanol–water partition coefficient (Wildman–Crippen LogP) is 4.19. The summed E-state index contributed by atoms with van der Waals surface area (Å²) in [7, 11) is 2.97. The number of amides is 1. The lowest BCUT2D eigenvalue weighted by molar-refractivity contribution is -0.111. The maximum absolute atomic E-state index is 13.0. The molecular weight excluding hydrogens is 546 g/mol. The van der Waals surface area contributed by atoms with Gasteiger partial charge >= 0.3 is 5.97 Å². The van der Waals surface area contributed by atoms with Crippen molar-refractivity contribution in [1.82, 2.24) is 20.3 Å². The molecule has 10 nitrogen and oxygen atoms in total. The average molecular weight is 582 g/mol. The SMILES string of the molecule is COC(=O)c1cc2[nH]c(O)c(C(=Nc3ccc(C(=O)N(C)OCCN4CC5C[C@H]4CN5)cc3)c3ccccc3)c2cc1C. The Morgan fingerprint density at radius 3 is 2.53 bits per heavy atom. The van der Waals surface area contributed by atoms with Gasteiger partial charge in [-0.1, -0.05) is 30.3 Å². The van der Waals surface area contributed by atoms with E-state index in [1.807, 2.05) is 43.3 Å². The van der Waals surface area contributed by atoms with E-state index in [4.69, 9.17) is 14.6 Å². The molecule has 3 aromatic carbocycles. The lowest BCUT2D eigenvalue weighted by atomic mass is 9.98. The third-order valence-electron chi connectivity index (χ3n) is 8.29. The molecule has 43 heavy (non-hydrogen) atoms. The van der Waals surface area contributed by atoms with Gasteiger partial charge in [0, 0.05) is 60.8 Å². The zero-order chi connectivity index (χ0) is 30.1. The molecule has 0 radical (unpaired) electrons. The van der Waals surface area contributed by atoms with Crippen LogP contribution in [0.15, 0.2) is 71.7 Å². The summed E-state index contributed by atoms with van der Waals surface area (Å²) in [6, 6.07) is 21.2. The number of aliphatic imine (C=N–C) groups is 1. The number of benzene rings is 3. The molecule has 6 rings (SSSR count). The van der Waals surface area contributed by atoms with Crippen molar-refractivity contribution in [2.45, 2.75) is 25.4 Å². The number of likely N-dealkylation sites (tertiary alicyclic amines) is 1. The summed E-state index contributed by atoms with van der Waals surface area (Å²) in [5.74, 6) is -0.759. The van der Waals surface area contributed by atoms with E-state index in [1.54, 1.807) is 37.4 Å². The zero-order valence-corrected chi connectivity index (χ0v) is 24.5. The minimum Gasteiger partial charge on any atom is -0.494 e. The second-order valence-electron chi connectivity index (χ2n) is 11.1. The highest BCUT2D eigenvalue weighted by molar-refractivity contribution is 6.22. The smallest absolute Gasteiger partial charge is 0.338 e. The number of methoxy groups -OCH3 is 1. The number of esters is 1. The van der Waals surface area contributed by atoms with E-state index in [0.717, 1.165) is 25.2 Å². The van der Waals surface area contributed by atoms with Crippen LogP contribution in [0.3, 0.4) is 0 Å². The molecule has 2 saturated heterocycles. The van der Waals surface area contributed by atoms with Crippen molar-refractivity contribution < 1.29 is 24.3 Å². The second-order valence-corrected chi connectivity index (χ2v) is 11.1. The van der Waals surface area contributed by atoms with E-state index >= 15 is 0 Å². The van der Waals surface area contributed by atoms with E-state index in [2.05, 4.69) is 15.2 Å². The monoisotopic (exact) mass is 581 g/mol. The molecule has 0 aliphatic carbocycles. The third kappa shape index (κ3) is 5.77. The number of H-pyrrole nitrogens is 1. The molecule has 2 bridgehead atoms. The molecule has 2 atom stereocenters. The molecule has 3 N–H and O–H groups in total. The van der Waals surface area contributed by atoms with Crippen LogP contribution in [0.1, 0.15) is 43.8 Å². The number of aryl methyl sites for hydroxylation is 1. The van der Waals surface area contributed by atoms with Crippen LogP contribution < -0.4 is 5.32 Å². The van der Waals surface area contributed by atoms with E-state index in [9.17, 15) is 14.7 Å². The highest BCUT2D eigenvalue weighted by Gasteiger charge is 2.37. The summed E-state index contributed by atoms with van der Waals surface area (Å²) in [4.78, 5) is 41.4. The van der Waals surface area contributed by atoms with Crippen LogP contribution in [0, 0.1) is 6.92 Å². The summed E-state index contributed by atoms with van der Waals surface area (Å²) in [5.41, 5.74) is 4.64. The molecule has 0 spiro atoms. The van der Waals surface area contributed by atoms with Gasteiger partial charge in [0.15, 0.2) is 5.88 Å². The number of nitrogens with one attached hydrogen (secondary N) is 2. The van der Waals surface area contributed by atoms with E-state index in [1.165, 1.54) is 18.6 Å². The Hall–Kier alpha value is -4.51. The minimum atomic E-state index is -0.450. The van der Waals surface area contributed by atoms with Gasteiger partial charge in [-0.3, -0.25) is 14.5 Å². The Morgan fingerprint density at radius 1 is 1.09 bits per heavy atom. The standard InChI is InChI=1S/C33H35N5O5/c1-20-15-27-28(17-26(20)33(41)42-3)36-31(39)29(27)30(21-7-5-4-6-8-21)35-23-11-9-22(10-12-23)32(40)37(2)43-14-13-38-19-24-16-25(38)18-34-24/h4-12,15,17,24-25,34,36,39H,13-14,16,18-19H2,1-3H3/t24?,25-/m0/s1. The molecular formula is C33H35N5O5. The van der Waals surface area contributed by atoms with Crippen LogP contribution in [0.25, 0.3) is 10.9 Å². The number of ether oxygens (including phenoxy) is 1. The first kappa shape index (κ1) is 28.6. The second kappa shape index (κ2) is 12.0. The number of carbonyl (C=O) groups excluding carboxylic acids is 2. The lowest BCUT2D eigenvalue weighted by Gasteiger charge is -2.27. The van der Waals surface area contributed by atoms with Gasteiger partial charge in [-0.25, -0.2) is 14.9 Å². The molecule has 3 heterocycles. The Kier molecular flexibility index (Phi) is 7.98. The number of aromatic amines is 1. The number of piperazine rings is 1. The van der Waals surface area contributed by atoms with E-state index in [-0.39, 0.29) is 11.8 Å². The van der Waals surface area contributed by atoms with Gasteiger partial charge in [0.05, 0.1) is 36.2 Å². The molecule has 2 aliphatic heterocycles. The molecule has 1 aromatic heterocycles. The van der Waals surface area contributed by atoms with Crippen molar-refractivity contribution in [3.63, 3.8) is 0 Å². The van der Waals surface area contributed by atoms with E-state index in [0.29, 0.717) is 63.2 Å². The van der Waals surface area contributed by atoms with Gasteiger partial charge in [-0.05, 0) is 55.3 Å². The molecule has 0 saturated carbocycles. The molecule has 1 amide bonds. The normalized spacial score (nSPS) is 18.3. The topological polar surface area (TPSA) is 119 Å². The fourth-order valence-corrected chi connectivity index (χ4v) is 6.03. The minimum absolute atomic E-state index is 0.0670. The van der Waals surface area contributed by atoms with Crippen LogP contribution in [-0.2, 0) is 9.57 Å². The molecule has 1 unspecified atom stereocenters. The lowest BCUT2D eigenvalue weighted by Crippen LogP contribution is -2.45. The van der Waals surface area contributed by atoms with Crippen LogP contribution in [0.5, 0.6) is 5.88 Å². The average Bonchev–Trinajstić information content (AvgIpc) is 3.73. The van der Waals surface area contributed by atoms with Gasteiger partial charge in [0.2, 0.25) is 0 Å². The summed E-state index contributed by atoms with van der Waals surface area (Å²) in [5, 5.41) is 16.5. The molecule has 4 aromatic rings. The van der Waals surface area contributed by atoms with Crippen LogP contribution in [-0.4, -0.2) is 90.1 Å². The number of aromatic nitrogens is 1. The first-order valence-electron chi connectivity index (χ1n) is 14.4. The molecule has 222 valence electrons. The maximum atomic E-state index is 13.0. The maximum Gasteiger partial charge on any atom is 0.338 e. The highest BCUT2D eigenvalue weighted by atomic mass is 16.7. The van der Waals surface area contributed by atoms with Gasteiger partial charge in [-0.15, -0.1) is 0 Å². The first-order valence-corrected chi connectivity index (χ1v) is 14.4. The summed E-state index contributed by atoms with van der Waals surface area (Å²) in [6.07, 6.45) is 1.19. The van der Waals surface area contributed by atoms with Crippen molar-refractivity contribution in [3.8, 4) is 5.88 Å². The molecule has 2 aliphatic rings. The summed E-state index contributed by atoms with van der Waals surface area (Å²) >= 11 is 0. The molecule has 10 heteroatoms. The largest absolute Gasteiger partial charge is 0.494 e. The third-order valence-corrected chi connectivity index (χ3v) is 8.29. The number of aromatic hydroxyl groups is 1. The van der Waals surface area contributed by atoms with Crippen molar-refractivity contribution in [1.29, 1.82) is 0 Å². The Balaban J connectivity index is 1.24. The number of carbonyl (C=O) groups is 2. The van der Waals surface area contributed by atoms with Gasteiger partial charge in [0.25, 0.3) is 5.91 Å².